The molecule has 9 nitrogen and oxygen atoms in total. The summed E-state index contributed by atoms with van der Waals surface area (Å²) in [4.78, 5) is 28.1. The lowest BCUT2D eigenvalue weighted by molar-refractivity contribution is -0.140. The Hall–Kier alpha value is -3.96. The van der Waals surface area contributed by atoms with Crippen molar-refractivity contribution < 1.29 is 31.9 Å². The minimum Gasteiger partial charge on any atom is -0.454 e. The molecule has 2 amide bonds. The number of hydrogen-bond donors (Lipinski definition) is 2. The largest absolute Gasteiger partial charge is 0.454 e. The van der Waals surface area contributed by atoms with Crippen molar-refractivity contribution in [1.82, 2.24) is 14.9 Å². The second-order valence-corrected chi connectivity index (χ2v) is 11.1. The number of nitrogens with one attached hydrogen (secondary N) is 2. The Bertz CT molecular complexity index is 1450. The Kier molecular flexibility index (Phi) is 9.38. The summed E-state index contributed by atoms with van der Waals surface area (Å²) in [6.07, 6.45) is 0.450. The lowest BCUT2D eigenvalue weighted by Crippen LogP contribution is -2.47. The van der Waals surface area contributed by atoms with E-state index >= 15 is 0 Å². The fourth-order valence-corrected chi connectivity index (χ4v) is 5.30. The number of nitrogens with zero attached hydrogens (tertiary/aromatic N) is 1. The van der Waals surface area contributed by atoms with Crippen LogP contribution in [0.2, 0.25) is 0 Å². The molecule has 0 unspecified atom stereocenters. The van der Waals surface area contributed by atoms with E-state index in [9.17, 15) is 22.4 Å². The van der Waals surface area contributed by atoms with E-state index in [2.05, 4.69) is 10.0 Å². The first-order valence-corrected chi connectivity index (χ1v) is 14.4. The zero-order valence-corrected chi connectivity index (χ0v) is 23.2. The number of carbonyl (C=O) groups excluding carboxylic acids is 2. The molecule has 11 heteroatoms. The van der Waals surface area contributed by atoms with E-state index in [1.807, 2.05) is 6.07 Å². The van der Waals surface area contributed by atoms with Crippen molar-refractivity contribution in [3.8, 4) is 11.5 Å². The van der Waals surface area contributed by atoms with E-state index < -0.39 is 21.9 Å². The number of fused-ring (bicyclic) bond motifs is 1. The number of hydrogen-bond acceptors (Lipinski definition) is 6. The molecule has 212 valence electrons. The van der Waals surface area contributed by atoms with Gasteiger partial charge in [-0.05, 0) is 66.4 Å². The van der Waals surface area contributed by atoms with Crippen LogP contribution in [0.3, 0.4) is 0 Å². The fraction of sp³-hybridized carbons (Fsp3) is 0.310. The highest BCUT2D eigenvalue weighted by atomic mass is 32.2. The van der Waals surface area contributed by atoms with Crippen LogP contribution in [0.1, 0.15) is 37.0 Å². The van der Waals surface area contributed by atoms with Crippen LogP contribution in [0.25, 0.3) is 0 Å². The van der Waals surface area contributed by atoms with Crippen LogP contribution in [0.4, 0.5) is 4.39 Å². The maximum Gasteiger partial charge on any atom is 0.242 e. The van der Waals surface area contributed by atoms with Crippen molar-refractivity contribution in [2.24, 2.45) is 0 Å². The van der Waals surface area contributed by atoms with Crippen LogP contribution in [0.5, 0.6) is 11.5 Å². The zero-order valence-electron chi connectivity index (χ0n) is 22.4. The number of rotatable bonds is 12. The molecule has 0 bridgehead atoms. The average molecular weight is 570 g/mol. The molecule has 0 aliphatic carbocycles. The predicted octanol–water partition coefficient (Wildman–Crippen LogP) is 3.52. The summed E-state index contributed by atoms with van der Waals surface area (Å²) in [6, 6.07) is 16.7. The van der Waals surface area contributed by atoms with Crippen molar-refractivity contribution in [3.63, 3.8) is 0 Å². The Balaban J connectivity index is 1.42. The zero-order chi connectivity index (χ0) is 28.7. The van der Waals surface area contributed by atoms with Crippen molar-refractivity contribution in [2.45, 2.75) is 50.7 Å². The number of sulfonamides is 1. The lowest BCUT2D eigenvalue weighted by Gasteiger charge is -2.29. The van der Waals surface area contributed by atoms with Crippen LogP contribution < -0.4 is 19.5 Å². The molecule has 0 saturated heterocycles. The molecule has 1 atom stereocenters. The fourth-order valence-electron chi connectivity index (χ4n) is 4.26. The summed E-state index contributed by atoms with van der Waals surface area (Å²) in [7, 11) is -3.57. The Labute approximate surface area is 233 Å². The Morgan fingerprint density at radius 3 is 2.30 bits per heavy atom. The predicted molar refractivity (Wildman–Crippen MR) is 146 cm³/mol. The third kappa shape index (κ3) is 7.36. The molecule has 0 spiro atoms. The van der Waals surface area contributed by atoms with Gasteiger partial charge in [0.1, 0.15) is 11.9 Å². The summed E-state index contributed by atoms with van der Waals surface area (Å²) in [6.45, 7) is 4.15. The van der Waals surface area contributed by atoms with E-state index in [4.69, 9.17) is 9.47 Å². The van der Waals surface area contributed by atoms with Crippen LogP contribution in [-0.2, 0) is 39.1 Å². The van der Waals surface area contributed by atoms with Gasteiger partial charge in [0.05, 0.1) is 4.90 Å². The molecule has 3 aromatic rings. The molecular weight excluding hydrogens is 537 g/mol. The molecule has 2 N–H and O–H groups in total. The molecule has 0 saturated carbocycles. The number of benzene rings is 3. The van der Waals surface area contributed by atoms with E-state index in [1.165, 1.54) is 29.2 Å². The van der Waals surface area contributed by atoms with Crippen LogP contribution in [0, 0.1) is 5.82 Å². The third-order valence-corrected chi connectivity index (χ3v) is 8.09. The molecule has 1 aliphatic heterocycles. The molecule has 40 heavy (non-hydrogen) atoms. The molecule has 0 fully saturated rings. The number of aryl methyl sites for hydroxylation is 1. The summed E-state index contributed by atoms with van der Waals surface area (Å²) in [5.74, 6) is 0.259. The number of amides is 2. The van der Waals surface area contributed by atoms with E-state index in [1.54, 1.807) is 50.2 Å². The van der Waals surface area contributed by atoms with Gasteiger partial charge in [-0.25, -0.2) is 17.5 Å². The average Bonchev–Trinajstić information content (AvgIpc) is 3.42. The van der Waals surface area contributed by atoms with Crippen molar-refractivity contribution >= 4 is 21.8 Å². The van der Waals surface area contributed by atoms with Gasteiger partial charge in [0.25, 0.3) is 0 Å². The van der Waals surface area contributed by atoms with Crippen LogP contribution in [0.15, 0.2) is 71.6 Å². The SMILES string of the molecule is CCNS(=O)(=O)c1ccc(CCC(=O)N(Cc2ccc(F)cc2)[C@@H](C)C(=O)NCc2ccc3c(c2)OCO3)cc1. The van der Waals surface area contributed by atoms with Crippen molar-refractivity contribution in [3.05, 3.63) is 89.2 Å². The molecule has 4 rings (SSSR count). The second kappa shape index (κ2) is 12.9. The third-order valence-electron chi connectivity index (χ3n) is 6.53. The van der Waals surface area contributed by atoms with Gasteiger partial charge in [-0.2, -0.15) is 0 Å². The summed E-state index contributed by atoms with van der Waals surface area (Å²) < 4.78 is 51.0. The van der Waals surface area contributed by atoms with Crippen molar-refractivity contribution in [2.75, 3.05) is 13.3 Å². The molecule has 0 radical (unpaired) electrons. The van der Waals surface area contributed by atoms with E-state index in [-0.39, 0.29) is 49.6 Å². The normalized spacial score (nSPS) is 13.1. The maximum atomic E-state index is 13.5. The second-order valence-electron chi connectivity index (χ2n) is 9.37. The monoisotopic (exact) mass is 569 g/mol. The van der Waals surface area contributed by atoms with Gasteiger partial charge in [-0.15, -0.1) is 0 Å². The minimum atomic E-state index is -3.57. The summed E-state index contributed by atoms with van der Waals surface area (Å²) in [5, 5.41) is 2.87. The van der Waals surface area contributed by atoms with Gasteiger partial charge in [-0.3, -0.25) is 9.59 Å². The Morgan fingerprint density at radius 2 is 1.60 bits per heavy atom. The topological polar surface area (TPSA) is 114 Å². The van der Waals surface area contributed by atoms with Gasteiger partial charge in [-0.1, -0.05) is 37.3 Å². The van der Waals surface area contributed by atoms with E-state index in [0.29, 0.717) is 23.5 Å². The van der Waals surface area contributed by atoms with Gasteiger partial charge in [0.2, 0.25) is 28.6 Å². The minimum absolute atomic E-state index is 0.0975. The van der Waals surface area contributed by atoms with Gasteiger partial charge in [0.15, 0.2) is 11.5 Å². The Morgan fingerprint density at radius 1 is 0.950 bits per heavy atom. The van der Waals surface area contributed by atoms with Gasteiger partial charge >= 0.3 is 0 Å². The standard InChI is InChI=1S/C29H32FN3O6S/c1-3-32-40(36,37)25-12-6-21(7-13-25)9-15-28(34)33(18-22-4-10-24(30)11-5-22)20(2)29(35)31-17-23-8-14-26-27(16-23)39-19-38-26/h4-8,10-14,16,20,32H,3,9,15,17-19H2,1-2H3,(H,31,35)/t20-/m0/s1. The lowest BCUT2D eigenvalue weighted by atomic mass is 10.1. The maximum absolute atomic E-state index is 13.5. The first-order chi connectivity index (χ1) is 19.2. The number of carbonyl (C=O) groups is 2. The first-order valence-electron chi connectivity index (χ1n) is 12.9. The first kappa shape index (κ1) is 29.0. The molecule has 1 heterocycles. The van der Waals surface area contributed by atoms with Crippen LogP contribution >= 0.6 is 0 Å². The molecule has 1 aliphatic rings. The summed E-state index contributed by atoms with van der Waals surface area (Å²) >= 11 is 0. The number of ether oxygens (including phenoxy) is 2. The highest BCUT2D eigenvalue weighted by molar-refractivity contribution is 7.89. The highest BCUT2D eigenvalue weighted by Crippen LogP contribution is 2.32. The van der Waals surface area contributed by atoms with Crippen molar-refractivity contribution in [1.29, 1.82) is 0 Å². The summed E-state index contributed by atoms with van der Waals surface area (Å²) in [5.41, 5.74) is 2.29. The number of halogens is 1. The molecular formula is C29H32FN3O6S. The highest BCUT2D eigenvalue weighted by Gasteiger charge is 2.26. The smallest absolute Gasteiger partial charge is 0.242 e. The van der Waals surface area contributed by atoms with Crippen LogP contribution in [-0.4, -0.2) is 44.5 Å². The van der Waals surface area contributed by atoms with Gasteiger partial charge < -0.3 is 19.7 Å². The molecule has 0 aromatic heterocycles. The van der Waals surface area contributed by atoms with Gasteiger partial charge in [0, 0.05) is 26.1 Å². The van der Waals surface area contributed by atoms with E-state index in [0.717, 1.165) is 11.1 Å². The quantitative estimate of drug-likeness (QED) is 0.345. The molecule has 3 aromatic carbocycles.